The van der Waals surface area contributed by atoms with Crippen LogP contribution in [0.2, 0.25) is 0 Å². The second kappa shape index (κ2) is 6.08. The average Bonchev–Trinajstić information content (AvgIpc) is 2.49. The molecule has 0 atom stereocenters. The van der Waals surface area contributed by atoms with Crippen molar-refractivity contribution in [3.8, 4) is 11.6 Å². The van der Waals surface area contributed by atoms with Crippen molar-refractivity contribution in [2.24, 2.45) is 0 Å². The van der Waals surface area contributed by atoms with Crippen LogP contribution in [0.4, 0.5) is 0 Å². The fourth-order valence-corrected chi connectivity index (χ4v) is 1.85. The van der Waals surface area contributed by atoms with E-state index in [0.717, 1.165) is 0 Å². The van der Waals surface area contributed by atoms with Gasteiger partial charge in [-0.1, -0.05) is 6.07 Å². The largest absolute Gasteiger partial charge is 0.496 e. The third kappa shape index (κ3) is 3.19. The number of hydrogen-bond donors (Lipinski definition) is 1. The molecule has 1 aromatic heterocycles. The van der Waals surface area contributed by atoms with Crippen LogP contribution in [0.15, 0.2) is 35.1 Å². The number of aromatic nitrogens is 2. The molecule has 1 N–H and O–H groups in total. The first-order valence-corrected chi connectivity index (χ1v) is 6.07. The van der Waals surface area contributed by atoms with Crippen LogP contribution in [0.5, 0.6) is 11.6 Å². The summed E-state index contributed by atoms with van der Waals surface area (Å²) in [7, 11) is 2.85. The Hall–Kier alpha value is -2.83. The third-order valence-corrected chi connectivity index (χ3v) is 2.88. The molecule has 1 aromatic carbocycles. The molecule has 7 heteroatoms. The summed E-state index contributed by atoms with van der Waals surface area (Å²) in [6.45, 7) is 0.139. The van der Waals surface area contributed by atoms with Crippen LogP contribution in [0, 0.1) is 0 Å². The smallest absolute Gasteiger partial charge is 0.339 e. The lowest BCUT2D eigenvalue weighted by Gasteiger charge is -2.09. The van der Waals surface area contributed by atoms with E-state index in [1.165, 1.54) is 37.1 Å². The number of carbonyl (C=O) groups is 1. The van der Waals surface area contributed by atoms with E-state index >= 15 is 0 Å². The van der Waals surface area contributed by atoms with Gasteiger partial charge in [0.1, 0.15) is 11.3 Å². The maximum absolute atomic E-state index is 11.7. The Morgan fingerprint density at radius 2 is 2.00 bits per heavy atom. The molecule has 0 saturated carbocycles. The minimum absolute atomic E-state index is 0.0333. The first-order chi connectivity index (χ1) is 10.0. The van der Waals surface area contributed by atoms with Crippen LogP contribution in [0.1, 0.15) is 15.9 Å². The quantitative estimate of drug-likeness (QED) is 0.883. The van der Waals surface area contributed by atoms with Crippen molar-refractivity contribution in [3.63, 3.8) is 0 Å². The summed E-state index contributed by atoms with van der Waals surface area (Å²) in [5.41, 5.74) is 0.352. The Kier molecular flexibility index (Phi) is 4.22. The number of carboxylic acid groups (broad SMARTS) is 1. The Morgan fingerprint density at radius 1 is 1.24 bits per heavy atom. The fourth-order valence-electron chi connectivity index (χ4n) is 1.85. The molecule has 0 aliphatic heterocycles. The summed E-state index contributed by atoms with van der Waals surface area (Å²) in [5, 5.41) is 13.1. The predicted molar refractivity (Wildman–Crippen MR) is 74.1 cm³/mol. The normalized spacial score (nSPS) is 10.2. The second-order valence-electron chi connectivity index (χ2n) is 4.21. The van der Waals surface area contributed by atoms with E-state index in [2.05, 4.69) is 5.10 Å². The highest BCUT2D eigenvalue weighted by atomic mass is 16.5. The maximum Gasteiger partial charge on any atom is 0.339 e. The molecular weight excluding hydrogens is 276 g/mol. The molecule has 0 radical (unpaired) electrons. The minimum atomic E-state index is -1.10. The standard InChI is InChI=1S/C14H14N2O5/c1-20-11-4-3-9(7-10(11)14(18)19)8-16-13(17)6-5-12(15-16)21-2/h3-7H,8H2,1-2H3,(H,18,19). The van der Waals surface area contributed by atoms with E-state index in [-0.39, 0.29) is 23.4 Å². The van der Waals surface area contributed by atoms with Gasteiger partial charge in [-0.25, -0.2) is 9.48 Å². The molecule has 0 aliphatic carbocycles. The van der Waals surface area contributed by atoms with Gasteiger partial charge in [0, 0.05) is 12.1 Å². The molecular formula is C14H14N2O5. The monoisotopic (exact) mass is 290 g/mol. The van der Waals surface area contributed by atoms with Gasteiger partial charge in [-0.2, -0.15) is 0 Å². The van der Waals surface area contributed by atoms with Gasteiger partial charge in [0.05, 0.1) is 20.8 Å². The Labute approximate surface area is 120 Å². The number of ether oxygens (including phenoxy) is 2. The Morgan fingerprint density at radius 3 is 2.62 bits per heavy atom. The van der Waals surface area contributed by atoms with E-state index in [4.69, 9.17) is 14.6 Å². The molecule has 2 aromatic rings. The van der Waals surface area contributed by atoms with Gasteiger partial charge in [-0.05, 0) is 17.7 Å². The molecule has 0 amide bonds. The van der Waals surface area contributed by atoms with Crippen LogP contribution in [0.25, 0.3) is 0 Å². The van der Waals surface area contributed by atoms with Crippen molar-refractivity contribution in [2.75, 3.05) is 14.2 Å². The highest BCUT2D eigenvalue weighted by Crippen LogP contribution is 2.20. The van der Waals surface area contributed by atoms with Crippen molar-refractivity contribution < 1.29 is 19.4 Å². The summed E-state index contributed by atoms with van der Waals surface area (Å²) >= 11 is 0. The first kappa shape index (κ1) is 14.6. The number of rotatable bonds is 5. The van der Waals surface area contributed by atoms with Crippen LogP contribution in [-0.4, -0.2) is 35.1 Å². The lowest BCUT2D eigenvalue weighted by atomic mass is 10.1. The van der Waals surface area contributed by atoms with Crippen molar-refractivity contribution in [2.45, 2.75) is 6.54 Å². The number of aromatic carboxylic acids is 1. The molecule has 0 unspecified atom stereocenters. The summed E-state index contributed by atoms with van der Waals surface area (Å²) in [6.07, 6.45) is 0. The molecule has 0 aliphatic rings. The van der Waals surface area contributed by atoms with Crippen molar-refractivity contribution >= 4 is 5.97 Å². The van der Waals surface area contributed by atoms with Crippen molar-refractivity contribution in [3.05, 3.63) is 51.8 Å². The lowest BCUT2D eigenvalue weighted by Crippen LogP contribution is -2.22. The van der Waals surface area contributed by atoms with E-state index in [1.807, 2.05) is 0 Å². The van der Waals surface area contributed by atoms with Crippen molar-refractivity contribution in [1.29, 1.82) is 0 Å². The van der Waals surface area contributed by atoms with Gasteiger partial charge in [-0.3, -0.25) is 4.79 Å². The van der Waals surface area contributed by atoms with E-state index < -0.39 is 5.97 Å². The van der Waals surface area contributed by atoms with Crippen molar-refractivity contribution in [1.82, 2.24) is 9.78 Å². The fraction of sp³-hybridized carbons (Fsp3) is 0.214. The summed E-state index contributed by atoms with van der Waals surface area (Å²) in [6, 6.07) is 7.49. The highest BCUT2D eigenvalue weighted by Gasteiger charge is 2.12. The number of methoxy groups -OCH3 is 2. The molecule has 110 valence electrons. The van der Waals surface area contributed by atoms with Gasteiger partial charge < -0.3 is 14.6 Å². The number of benzene rings is 1. The number of hydrogen-bond acceptors (Lipinski definition) is 5. The number of nitrogens with zero attached hydrogens (tertiary/aromatic N) is 2. The molecule has 0 fully saturated rings. The average molecular weight is 290 g/mol. The zero-order valence-corrected chi connectivity index (χ0v) is 11.6. The zero-order chi connectivity index (χ0) is 15.4. The minimum Gasteiger partial charge on any atom is -0.496 e. The molecule has 1 heterocycles. The molecule has 21 heavy (non-hydrogen) atoms. The topological polar surface area (TPSA) is 90.7 Å². The predicted octanol–water partition coefficient (Wildman–Crippen LogP) is 1.01. The Bertz CT molecular complexity index is 724. The molecule has 7 nitrogen and oxygen atoms in total. The lowest BCUT2D eigenvalue weighted by molar-refractivity contribution is 0.0693. The molecule has 2 rings (SSSR count). The van der Waals surface area contributed by atoms with Crippen LogP contribution < -0.4 is 15.0 Å². The SMILES string of the molecule is COc1ccc(=O)n(Cc2ccc(OC)c(C(=O)O)c2)n1. The first-order valence-electron chi connectivity index (χ1n) is 6.07. The highest BCUT2D eigenvalue weighted by molar-refractivity contribution is 5.91. The summed E-state index contributed by atoms with van der Waals surface area (Å²) < 4.78 is 11.1. The second-order valence-corrected chi connectivity index (χ2v) is 4.21. The van der Waals surface area contributed by atoms with Crippen LogP contribution in [0.3, 0.4) is 0 Å². The van der Waals surface area contributed by atoms with Crippen LogP contribution >= 0.6 is 0 Å². The van der Waals surface area contributed by atoms with Gasteiger partial charge >= 0.3 is 5.97 Å². The van der Waals surface area contributed by atoms with Gasteiger partial charge in [-0.15, -0.1) is 5.10 Å². The maximum atomic E-state index is 11.7. The van der Waals surface area contributed by atoms with E-state index in [1.54, 1.807) is 12.1 Å². The van der Waals surface area contributed by atoms with Gasteiger partial charge in [0.2, 0.25) is 5.88 Å². The van der Waals surface area contributed by atoms with E-state index in [0.29, 0.717) is 11.4 Å². The zero-order valence-electron chi connectivity index (χ0n) is 11.6. The summed E-state index contributed by atoms with van der Waals surface area (Å²) in [4.78, 5) is 22.9. The molecule has 0 saturated heterocycles. The van der Waals surface area contributed by atoms with Gasteiger partial charge in [0.25, 0.3) is 5.56 Å². The molecule has 0 spiro atoms. The summed E-state index contributed by atoms with van der Waals surface area (Å²) in [5.74, 6) is -0.529. The molecule has 0 bridgehead atoms. The van der Waals surface area contributed by atoms with Crippen LogP contribution in [-0.2, 0) is 6.54 Å². The van der Waals surface area contributed by atoms with E-state index in [9.17, 15) is 9.59 Å². The number of carboxylic acids is 1. The third-order valence-electron chi connectivity index (χ3n) is 2.88. The Balaban J connectivity index is 2.38. The van der Waals surface area contributed by atoms with Gasteiger partial charge in [0.15, 0.2) is 0 Å².